The van der Waals surface area contributed by atoms with Crippen LogP contribution in [0.25, 0.3) is 21.3 Å². The molecule has 1 N–H and O–H groups in total. The van der Waals surface area contributed by atoms with Gasteiger partial charge in [0.1, 0.15) is 22.0 Å². The maximum atomic E-state index is 13.4. The molecule has 4 rings (SSSR count). The van der Waals surface area contributed by atoms with Gasteiger partial charge in [-0.25, -0.2) is 22.8 Å². The minimum absolute atomic E-state index is 0.105. The SMILES string of the molecule is C[C@H](Sc1ncnc2scc(-c3ccc(F)cc3)c12)C(=O)c1ccc(NS(C)(=O)=O)cc1. The lowest BCUT2D eigenvalue weighted by molar-refractivity contribution is 0.0994. The summed E-state index contributed by atoms with van der Waals surface area (Å²) in [5.41, 5.74) is 2.61. The Kier molecular flexibility index (Phi) is 6.27. The van der Waals surface area contributed by atoms with Crippen molar-refractivity contribution >= 4 is 54.8 Å². The maximum absolute atomic E-state index is 13.4. The molecule has 0 saturated heterocycles. The second-order valence-electron chi connectivity index (χ2n) is 7.09. The van der Waals surface area contributed by atoms with Crippen molar-refractivity contribution in [3.8, 4) is 11.1 Å². The minimum atomic E-state index is -3.39. The predicted molar refractivity (Wildman–Crippen MR) is 127 cm³/mol. The van der Waals surface area contributed by atoms with E-state index in [2.05, 4.69) is 14.7 Å². The molecule has 0 aliphatic heterocycles. The van der Waals surface area contributed by atoms with E-state index in [1.807, 2.05) is 5.38 Å². The number of sulfonamides is 1. The van der Waals surface area contributed by atoms with Crippen LogP contribution < -0.4 is 4.72 Å². The summed E-state index contributed by atoms with van der Waals surface area (Å²) in [6.07, 6.45) is 2.54. The van der Waals surface area contributed by atoms with Crippen molar-refractivity contribution < 1.29 is 17.6 Å². The maximum Gasteiger partial charge on any atom is 0.229 e. The molecule has 10 heteroatoms. The molecule has 4 aromatic rings. The van der Waals surface area contributed by atoms with Gasteiger partial charge in [0.05, 0.1) is 16.9 Å². The first-order valence-corrected chi connectivity index (χ1v) is 13.1. The van der Waals surface area contributed by atoms with Gasteiger partial charge in [0.15, 0.2) is 5.78 Å². The molecule has 0 aliphatic carbocycles. The van der Waals surface area contributed by atoms with Crippen LogP contribution in [0.3, 0.4) is 0 Å². The summed E-state index contributed by atoms with van der Waals surface area (Å²) in [4.78, 5) is 22.5. The Balaban J connectivity index is 1.60. The summed E-state index contributed by atoms with van der Waals surface area (Å²) < 4.78 is 38.4. The largest absolute Gasteiger partial charge is 0.293 e. The van der Waals surface area contributed by atoms with Crippen LogP contribution in [0.15, 0.2) is 65.3 Å². The van der Waals surface area contributed by atoms with Crippen LogP contribution in [0.2, 0.25) is 0 Å². The molecule has 2 aromatic carbocycles. The number of hydrogen-bond donors (Lipinski definition) is 1. The number of ketones is 1. The highest BCUT2D eigenvalue weighted by atomic mass is 32.2. The molecule has 0 unspecified atom stereocenters. The van der Waals surface area contributed by atoms with E-state index in [1.165, 1.54) is 41.6 Å². The van der Waals surface area contributed by atoms with Gasteiger partial charge in [0.2, 0.25) is 10.0 Å². The highest BCUT2D eigenvalue weighted by Gasteiger charge is 2.21. The molecule has 0 saturated carbocycles. The number of rotatable bonds is 7. The lowest BCUT2D eigenvalue weighted by Crippen LogP contribution is -2.14. The zero-order valence-electron chi connectivity index (χ0n) is 17.1. The number of thioether (sulfide) groups is 1. The van der Waals surface area contributed by atoms with Crippen molar-refractivity contribution in [3.05, 3.63) is 71.6 Å². The predicted octanol–water partition coefficient (Wildman–Crippen LogP) is 5.23. The summed E-state index contributed by atoms with van der Waals surface area (Å²) in [5.74, 6) is -0.415. The van der Waals surface area contributed by atoms with Crippen molar-refractivity contribution in [2.45, 2.75) is 17.2 Å². The molecule has 2 aromatic heterocycles. The second kappa shape index (κ2) is 8.97. The first-order valence-electron chi connectivity index (χ1n) is 9.48. The average Bonchev–Trinajstić information content (AvgIpc) is 3.18. The number of anilines is 1. The fourth-order valence-electron chi connectivity index (χ4n) is 3.15. The van der Waals surface area contributed by atoms with Crippen LogP contribution in [-0.2, 0) is 10.0 Å². The molecule has 0 bridgehead atoms. The zero-order valence-corrected chi connectivity index (χ0v) is 19.5. The Morgan fingerprint density at radius 2 is 1.78 bits per heavy atom. The number of aromatic nitrogens is 2. The van der Waals surface area contributed by atoms with Gasteiger partial charge in [-0.05, 0) is 48.9 Å². The summed E-state index contributed by atoms with van der Waals surface area (Å²) >= 11 is 2.79. The molecule has 0 fully saturated rings. The average molecular weight is 488 g/mol. The number of fused-ring (bicyclic) bond motifs is 1. The quantitative estimate of drug-likeness (QED) is 0.218. The van der Waals surface area contributed by atoms with Crippen LogP contribution in [0.1, 0.15) is 17.3 Å². The lowest BCUT2D eigenvalue weighted by Gasteiger charge is -2.12. The fraction of sp³-hybridized carbons (Fsp3) is 0.136. The van der Waals surface area contributed by atoms with Crippen LogP contribution in [0, 0.1) is 5.82 Å². The fourth-order valence-corrected chi connectivity index (χ4v) is 5.71. The number of nitrogens with zero attached hydrogens (tertiary/aromatic N) is 2. The zero-order chi connectivity index (χ0) is 22.9. The third kappa shape index (κ3) is 4.98. The monoisotopic (exact) mass is 487 g/mol. The molecule has 164 valence electrons. The van der Waals surface area contributed by atoms with Gasteiger partial charge in [0.25, 0.3) is 0 Å². The van der Waals surface area contributed by atoms with E-state index >= 15 is 0 Å². The number of carbonyl (C=O) groups excluding carboxylic acids is 1. The number of halogens is 1. The van der Waals surface area contributed by atoms with Gasteiger partial charge >= 0.3 is 0 Å². The molecule has 1 atom stereocenters. The van der Waals surface area contributed by atoms with Gasteiger partial charge < -0.3 is 0 Å². The number of thiophene rings is 1. The van der Waals surface area contributed by atoms with Crippen molar-refractivity contribution in [2.75, 3.05) is 11.0 Å². The van der Waals surface area contributed by atoms with E-state index in [0.29, 0.717) is 16.3 Å². The molecule has 0 aliphatic rings. The highest BCUT2D eigenvalue weighted by Crippen LogP contribution is 2.39. The van der Waals surface area contributed by atoms with Gasteiger partial charge in [-0.3, -0.25) is 9.52 Å². The van der Waals surface area contributed by atoms with Gasteiger partial charge in [-0.2, -0.15) is 0 Å². The van der Waals surface area contributed by atoms with Crippen LogP contribution in [0.5, 0.6) is 0 Å². The molecule has 2 heterocycles. The minimum Gasteiger partial charge on any atom is -0.293 e. The number of carbonyl (C=O) groups is 1. The van der Waals surface area contributed by atoms with Crippen molar-refractivity contribution in [1.29, 1.82) is 0 Å². The van der Waals surface area contributed by atoms with Crippen LogP contribution in [-0.4, -0.2) is 35.7 Å². The van der Waals surface area contributed by atoms with Gasteiger partial charge in [0, 0.05) is 22.2 Å². The van der Waals surface area contributed by atoms with E-state index in [1.54, 1.807) is 43.3 Å². The lowest BCUT2D eigenvalue weighted by atomic mass is 10.1. The van der Waals surface area contributed by atoms with Gasteiger partial charge in [-0.1, -0.05) is 23.9 Å². The summed E-state index contributed by atoms with van der Waals surface area (Å²) in [6, 6.07) is 12.5. The standard InChI is InChI=1S/C22H18FN3O3S3/c1-13(20(27)15-5-9-17(10-6-15)26-32(2,28)29)31-22-19-18(11-30-21(19)24-12-25-22)14-3-7-16(23)8-4-14/h3-13,26H,1-2H3/t13-/m0/s1. The highest BCUT2D eigenvalue weighted by molar-refractivity contribution is 8.00. The summed E-state index contributed by atoms with van der Waals surface area (Å²) in [6.45, 7) is 1.80. The molecule has 0 amide bonds. The molecular weight excluding hydrogens is 469 g/mol. The summed E-state index contributed by atoms with van der Waals surface area (Å²) in [5, 5.41) is 3.02. The normalized spacial score (nSPS) is 12.6. The van der Waals surface area contributed by atoms with E-state index in [9.17, 15) is 17.6 Å². The molecule has 0 radical (unpaired) electrons. The Labute approximate surface area is 193 Å². The molecular formula is C22H18FN3O3S3. The third-order valence-electron chi connectivity index (χ3n) is 4.62. The van der Waals surface area contributed by atoms with E-state index < -0.39 is 15.3 Å². The Hall–Kier alpha value is -2.82. The first-order chi connectivity index (χ1) is 15.2. The third-order valence-corrected chi connectivity index (χ3v) is 7.21. The Morgan fingerprint density at radius 1 is 1.09 bits per heavy atom. The van der Waals surface area contributed by atoms with E-state index in [0.717, 1.165) is 27.6 Å². The molecule has 32 heavy (non-hydrogen) atoms. The Bertz CT molecular complexity index is 1390. The first kappa shape index (κ1) is 22.4. The second-order valence-corrected chi connectivity index (χ2v) is 11.0. The number of Topliss-reactive ketones (excluding diaryl/α,β-unsaturated/α-hetero) is 1. The van der Waals surface area contributed by atoms with Gasteiger partial charge in [-0.15, -0.1) is 11.3 Å². The number of benzene rings is 2. The molecule has 0 spiro atoms. The van der Waals surface area contributed by atoms with Crippen molar-refractivity contribution in [3.63, 3.8) is 0 Å². The number of hydrogen-bond acceptors (Lipinski definition) is 7. The smallest absolute Gasteiger partial charge is 0.229 e. The van der Waals surface area contributed by atoms with Crippen LogP contribution >= 0.6 is 23.1 Å². The summed E-state index contributed by atoms with van der Waals surface area (Å²) in [7, 11) is -3.39. The Morgan fingerprint density at radius 3 is 2.44 bits per heavy atom. The van der Waals surface area contributed by atoms with E-state index in [-0.39, 0.29) is 11.6 Å². The van der Waals surface area contributed by atoms with Crippen LogP contribution in [0.4, 0.5) is 10.1 Å². The number of nitrogens with one attached hydrogen (secondary N) is 1. The van der Waals surface area contributed by atoms with Crippen molar-refractivity contribution in [1.82, 2.24) is 9.97 Å². The van der Waals surface area contributed by atoms with E-state index in [4.69, 9.17) is 0 Å². The molecule has 6 nitrogen and oxygen atoms in total. The topological polar surface area (TPSA) is 89.0 Å². The van der Waals surface area contributed by atoms with Crippen molar-refractivity contribution in [2.24, 2.45) is 0 Å².